The number of amides is 1. The minimum atomic E-state index is -1.10. The van der Waals surface area contributed by atoms with Crippen LogP contribution in [0.5, 0.6) is 0 Å². The molecule has 0 bridgehead atoms. The lowest BCUT2D eigenvalue weighted by Gasteiger charge is -2.43. The largest absolute Gasteiger partial charge is 0.417 e. The number of cyclic esters (lactones) is 1. The molecule has 7 nitrogen and oxygen atoms in total. The number of carbonyl (C=O) groups excluding carboxylic acids is 4. The minimum absolute atomic E-state index is 0.0705. The normalized spacial score (nSPS) is 25.6. The summed E-state index contributed by atoms with van der Waals surface area (Å²) in [4.78, 5) is 49.1. The third kappa shape index (κ3) is 2.85. The number of fused-ring (bicyclic) bond motifs is 2. The van der Waals surface area contributed by atoms with E-state index in [0.717, 1.165) is 0 Å². The molecular weight excluding hydrogens is 350 g/mol. The van der Waals surface area contributed by atoms with E-state index in [1.807, 2.05) is 0 Å². The number of rotatable bonds is 5. The van der Waals surface area contributed by atoms with Gasteiger partial charge in [-0.25, -0.2) is 9.59 Å². The van der Waals surface area contributed by atoms with Crippen molar-refractivity contribution in [2.45, 2.75) is 32.1 Å². The van der Waals surface area contributed by atoms with Crippen LogP contribution in [0.4, 0.5) is 0 Å². The molecule has 0 aromatic heterocycles. The van der Waals surface area contributed by atoms with E-state index >= 15 is 0 Å². The second-order valence-corrected chi connectivity index (χ2v) is 6.69. The van der Waals surface area contributed by atoms with Crippen molar-refractivity contribution in [3.63, 3.8) is 0 Å². The molecule has 138 valence electrons. The first-order valence-electron chi connectivity index (χ1n) is 8.68. The lowest BCUT2D eigenvalue weighted by Crippen LogP contribution is -2.58. The predicted octanol–water partition coefficient (Wildman–Crippen LogP) is 2.05. The third-order valence-electron chi connectivity index (χ3n) is 4.98. The summed E-state index contributed by atoms with van der Waals surface area (Å²) in [5, 5.41) is 0. The molecule has 27 heavy (non-hydrogen) atoms. The zero-order valence-electron chi connectivity index (χ0n) is 14.6. The third-order valence-corrected chi connectivity index (χ3v) is 4.98. The number of nitrogens with zero attached hydrogens (tertiary/aromatic N) is 1. The Morgan fingerprint density at radius 1 is 1.30 bits per heavy atom. The molecule has 3 unspecified atom stereocenters. The summed E-state index contributed by atoms with van der Waals surface area (Å²) in [6, 6.07) is 6.60. The van der Waals surface area contributed by atoms with Gasteiger partial charge in [-0.2, -0.15) is 0 Å². The summed E-state index contributed by atoms with van der Waals surface area (Å²) in [6.07, 6.45) is 4.71. The molecule has 0 spiro atoms. The molecular formula is C20H17NO6. The Balaban J connectivity index is 1.41. The Morgan fingerprint density at radius 3 is 2.85 bits per heavy atom. The van der Waals surface area contributed by atoms with E-state index in [1.54, 1.807) is 36.4 Å². The van der Waals surface area contributed by atoms with Gasteiger partial charge in [0.1, 0.15) is 5.70 Å². The Labute approximate surface area is 155 Å². The van der Waals surface area contributed by atoms with Crippen LogP contribution in [0.2, 0.25) is 0 Å². The molecule has 0 radical (unpaired) electrons. The van der Waals surface area contributed by atoms with Crippen molar-refractivity contribution in [1.82, 2.24) is 4.90 Å². The first-order chi connectivity index (χ1) is 13.0. The van der Waals surface area contributed by atoms with Crippen LogP contribution >= 0.6 is 0 Å². The smallest absolute Gasteiger partial charge is 0.358 e. The average Bonchev–Trinajstić information content (AvgIpc) is 3.18. The highest BCUT2D eigenvalue weighted by Gasteiger charge is 2.52. The maximum absolute atomic E-state index is 12.5. The highest BCUT2D eigenvalue weighted by molar-refractivity contribution is 6.00. The summed E-state index contributed by atoms with van der Waals surface area (Å²) in [5.41, 5.74) is 1.04. The van der Waals surface area contributed by atoms with Gasteiger partial charge < -0.3 is 14.4 Å². The second-order valence-electron chi connectivity index (χ2n) is 6.69. The zero-order valence-corrected chi connectivity index (χ0v) is 14.6. The number of allylic oxidation sites excluding steroid dienone is 2. The summed E-state index contributed by atoms with van der Waals surface area (Å²) in [5.74, 6) is -1.72. The SMILES string of the molecule is CC(=O)C=CCC1C(=O)N2C(C(=O)OC3OC(=O)c4ccccc43)=CCC12. The fourth-order valence-electron chi connectivity index (χ4n) is 3.68. The van der Waals surface area contributed by atoms with Crippen LogP contribution in [0.15, 0.2) is 48.2 Å². The molecule has 1 aromatic carbocycles. The second kappa shape index (κ2) is 6.50. The minimum Gasteiger partial charge on any atom is -0.417 e. The van der Waals surface area contributed by atoms with E-state index in [-0.39, 0.29) is 29.3 Å². The molecule has 3 atom stereocenters. The molecule has 1 fully saturated rings. The van der Waals surface area contributed by atoms with Gasteiger partial charge in [0, 0.05) is 5.56 Å². The molecule has 1 aromatic rings. The Morgan fingerprint density at radius 2 is 2.07 bits per heavy atom. The Hall–Kier alpha value is -3.22. The van der Waals surface area contributed by atoms with Crippen LogP contribution < -0.4 is 0 Å². The molecule has 4 rings (SSSR count). The van der Waals surface area contributed by atoms with Crippen molar-refractivity contribution >= 4 is 23.6 Å². The highest BCUT2D eigenvalue weighted by Crippen LogP contribution is 2.41. The van der Waals surface area contributed by atoms with Gasteiger partial charge in [-0.15, -0.1) is 0 Å². The van der Waals surface area contributed by atoms with E-state index in [2.05, 4.69) is 0 Å². The summed E-state index contributed by atoms with van der Waals surface area (Å²) in [7, 11) is 0. The van der Waals surface area contributed by atoms with Gasteiger partial charge in [0.25, 0.3) is 6.29 Å². The number of hydrogen-bond acceptors (Lipinski definition) is 6. The Kier molecular flexibility index (Phi) is 4.14. The summed E-state index contributed by atoms with van der Waals surface area (Å²) >= 11 is 0. The fourth-order valence-corrected chi connectivity index (χ4v) is 3.68. The highest BCUT2D eigenvalue weighted by atomic mass is 16.7. The standard InChI is InChI=1S/C20H17NO6/c1-11(22)5-4-8-14-15-9-10-16(21(15)17(14)23)19(25)27-20-13-7-3-2-6-12(13)18(24)26-20/h2-7,10,14-15,20H,8-9H2,1H3. The monoisotopic (exact) mass is 367 g/mol. The van der Waals surface area contributed by atoms with Crippen LogP contribution in [0.3, 0.4) is 0 Å². The first-order valence-corrected chi connectivity index (χ1v) is 8.68. The van der Waals surface area contributed by atoms with Crippen molar-refractivity contribution in [1.29, 1.82) is 0 Å². The predicted molar refractivity (Wildman–Crippen MR) is 92.0 cm³/mol. The first kappa shape index (κ1) is 17.2. The molecule has 0 aliphatic carbocycles. The van der Waals surface area contributed by atoms with Gasteiger partial charge in [-0.05, 0) is 31.9 Å². The van der Waals surface area contributed by atoms with Gasteiger partial charge in [0.2, 0.25) is 5.91 Å². The van der Waals surface area contributed by atoms with Gasteiger partial charge in [0.15, 0.2) is 5.78 Å². The van der Waals surface area contributed by atoms with Crippen molar-refractivity contribution < 1.29 is 28.7 Å². The van der Waals surface area contributed by atoms with Crippen molar-refractivity contribution in [3.8, 4) is 0 Å². The fraction of sp³-hybridized carbons (Fsp3) is 0.300. The number of β-lactam (4-membered cyclic amide) rings is 1. The molecule has 3 heterocycles. The molecule has 0 saturated carbocycles. The van der Waals surface area contributed by atoms with Gasteiger partial charge in [-0.3, -0.25) is 9.59 Å². The van der Waals surface area contributed by atoms with Crippen LogP contribution in [-0.4, -0.2) is 34.6 Å². The molecule has 0 N–H and O–H groups in total. The van der Waals surface area contributed by atoms with Crippen molar-refractivity contribution in [3.05, 3.63) is 59.3 Å². The molecule has 3 aliphatic heterocycles. The molecule has 7 heteroatoms. The number of ketones is 1. The van der Waals surface area contributed by atoms with E-state index in [9.17, 15) is 19.2 Å². The van der Waals surface area contributed by atoms with Crippen LogP contribution in [-0.2, 0) is 23.9 Å². The lowest BCUT2D eigenvalue weighted by atomic mass is 9.84. The summed E-state index contributed by atoms with van der Waals surface area (Å²) < 4.78 is 10.5. The van der Waals surface area contributed by atoms with E-state index in [1.165, 1.54) is 17.9 Å². The van der Waals surface area contributed by atoms with Crippen molar-refractivity contribution in [2.75, 3.05) is 0 Å². The zero-order chi connectivity index (χ0) is 19.1. The quantitative estimate of drug-likeness (QED) is 0.449. The molecule has 3 aliphatic rings. The number of esters is 2. The molecule has 1 amide bonds. The number of benzene rings is 1. The van der Waals surface area contributed by atoms with Crippen LogP contribution in [0, 0.1) is 5.92 Å². The van der Waals surface area contributed by atoms with Gasteiger partial charge in [-0.1, -0.05) is 30.4 Å². The maximum Gasteiger partial charge on any atom is 0.358 e. The lowest BCUT2D eigenvalue weighted by molar-refractivity contribution is -0.170. The van der Waals surface area contributed by atoms with Gasteiger partial charge in [0.05, 0.1) is 17.5 Å². The van der Waals surface area contributed by atoms with Gasteiger partial charge >= 0.3 is 11.9 Å². The summed E-state index contributed by atoms with van der Waals surface area (Å²) in [6.45, 7) is 1.45. The maximum atomic E-state index is 12.5. The van der Waals surface area contributed by atoms with E-state index in [4.69, 9.17) is 9.47 Å². The number of ether oxygens (including phenoxy) is 2. The Bertz CT molecular complexity index is 915. The number of hydrogen-bond donors (Lipinski definition) is 0. The van der Waals surface area contributed by atoms with Crippen LogP contribution in [0.25, 0.3) is 0 Å². The van der Waals surface area contributed by atoms with Crippen molar-refractivity contribution in [2.24, 2.45) is 5.92 Å². The van der Waals surface area contributed by atoms with Crippen LogP contribution in [0.1, 0.15) is 42.0 Å². The molecule has 1 saturated heterocycles. The van der Waals surface area contributed by atoms with E-state index in [0.29, 0.717) is 24.0 Å². The van der Waals surface area contributed by atoms with E-state index < -0.39 is 18.2 Å². The average molecular weight is 367 g/mol. The number of carbonyl (C=O) groups is 4. The topological polar surface area (TPSA) is 90.0 Å².